The first kappa shape index (κ1) is 23.7. The number of ether oxygens (including phenoxy) is 1. The van der Waals surface area contributed by atoms with Crippen molar-refractivity contribution in [3.05, 3.63) is 83.0 Å². The third-order valence-electron chi connectivity index (χ3n) is 6.61. The van der Waals surface area contributed by atoms with E-state index in [-0.39, 0.29) is 5.91 Å². The number of piperazine rings is 1. The van der Waals surface area contributed by atoms with Gasteiger partial charge in [0, 0.05) is 37.4 Å². The lowest BCUT2D eigenvalue weighted by molar-refractivity contribution is 0.0613. The van der Waals surface area contributed by atoms with E-state index in [2.05, 4.69) is 32.3 Å². The van der Waals surface area contributed by atoms with Crippen LogP contribution in [0.2, 0.25) is 0 Å². The van der Waals surface area contributed by atoms with Crippen LogP contribution in [0.5, 0.6) is 5.75 Å². The van der Waals surface area contributed by atoms with Crippen molar-refractivity contribution >= 4 is 5.91 Å². The lowest BCUT2D eigenvalue weighted by Gasteiger charge is -2.34. The topological polar surface area (TPSA) is 89.5 Å². The van der Waals surface area contributed by atoms with E-state index in [0.717, 1.165) is 41.4 Å². The molecule has 2 aromatic heterocycles. The Morgan fingerprint density at radius 2 is 1.69 bits per heavy atom. The predicted octanol–water partition coefficient (Wildman–Crippen LogP) is 3.56. The standard InChI is InChI=1S/C27H30N6O3/c1-19-25(20(2)33(29-19)17-21-7-5-4-6-8-21)27(34)32-15-13-31(14-16-32)18-24-28-26(30-36-24)22-9-11-23(35-3)12-10-22/h4-12H,13-18H2,1-3H3. The van der Waals surface area contributed by atoms with Crippen molar-refractivity contribution in [2.75, 3.05) is 33.3 Å². The third-order valence-corrected chi connectivity index (χ3v) is 6.61. The minimum absolute atomic E-state index is 0.0449. The first-order chi connectivity index (χ1) is 17.5. The molecule has 9 heteroatoms. The molecule has 1 aliphatic rings. The molecule has 0 saturated carbocycles. The molecule has 9 nitrogen and oxygen atoms in total. The molecule has 2 aromatic carbocycles. The summed E-state index contributed by atoms with van der Waals surface area (Å²) in [5.41, 5.74) is 4.42. The van der Waals surface area contributed by atoms with Gasteiger partial charge in [0.1, 0.15) is 5.75 Å². The predicted molar refractivity (Wildman–Crippen MR) is 135 cm³/mol. The molecular weight excluding hydrogens is 456 g/mol. The number of carbonyl (C=O) groups is 1. The average Bonchev–Trinajstić information content (AvgIpc) is 3.48. The van der Waals surface area contributed by atoms with E-state index in [4.69, 9.17) is 9.26 Å². The molecule has 4 aromatic rings. The van der Waals surface area contributed by atoms with Crippen LogP contribution in [0.25, 0.3) is 11.4 Å². The van der Waals surface area contributed by atoms with Crippen LogP contribution < -0.4 is 4.74 Å². The number of hydrogen-bond donors (Lipinski definition) is 0. The zero-order valence-corrected chi connectivity index (χ0v) is 20.8. The smallest absolute Gasteiger partial charge is 0.257 e. The number of amides is 1. The minimum atomic E-state index is 0.0449. The first-order valence-corrected chi connectivity index (χ1v) is 12.1. The van der Waals surface area contributed by atoms with Gasteiger partial charge in [-0.25, -0.2) is 0 Å². The molecule has 3 heterocycles. The molecular formula is C27H30N6O3. The van der Waals surface area contributed by atoms with Gasteiger partial charge < -0.3 is 14.2 Å². The molecule has 1 fully saturated rings. The highest BCUT2D eigenvalue weighted by atomic mass is 16.5. The second-order valence-electron chi connectivity index (χ2n) is 9.00. The summed E-state index contributed by atoms with van der Waals surface area (Å²) >= 11 is 0. The van der Waals surface area contributed by atoms with Gasteiger partial charge in [-0.3, -0.25) is 14.4 Å². The summed E-state index contributed by atoms with van der Waals surface area (Å²) in [6.07, 6.45) is 0. The lowest BCUT2D eigenvalue weighted by atomic mass is 10.1. The van der Waals surface area contributed by atoms with Crippen molar-refractivity contribution in [2.24, 2.45) is 0 Å². The van der Waals surface area contributed by atoms with E-state index in [0.29, 0.717) is 43.5 Å². The Bertz CT molecular complexity index is 1320. The number of rotatable bonds is 7. The molecule has 0 unspecified atom stereocenters. The van der Waals surface area contributed by atoms with Gasteiger partial charge >= 0.3 is 0 Å². The second kappa shape index (κ2) is 10.3. The van der Waals surface area contributed by atoms with Crippen molar-refractivity contribution in [2.45, 2.75) is 26.9 Å². The quantitative estimate of drug-likeness (QED) is 0.395. The van der Waals surface area contributed by atoms with Crippen LogP contribution in [0.1, 0.15) is 33.2 Å². The van der Waals surface area contributed by atoms with Gasteiger partial charge in [-0.2, -0.15) is 10.1 Å². The molecule has 1 saturated heterocycles. The van der Waals surface area contributed by atoms with Gasteiger partial charge in [-0.05, 0) is 43.7 Å². The largest absolute Gasteiger partial charge is 0.497 e. The molecule has 186 valence electrons. The van der Waals surface area contributed by atoms with E-state index in [9.17, 15) is 4.79 Å². The summed E-state index contributed by atoms with van der Waals surface area (Å²) < 4.78 is 12.6. The van der Waals surface area contributed by atoms with E-state index in [1.165, 1.54) is 0 Å². The van der Waals surface area contributed by atoms with E-state index in [1.807, 2.05) is 65.9 Å². The molecule has 0 atom stereocenters. The summed E-state index contributed by atoms with van der Waals surface area (Å²) in [6, 6.07) is 17.7. The highest BCUT2D eigenvalue weighted by molar-refractivity contribution is 5.96. The van der Waals surface area contributed by atoms with E-state index >= 15 is 0 Å². The van der Waals surface area contributed by atoms with Crippen LogP contribution in [-0.2, 0) is 13.1 Å². The van der Waals surface area contributed by atoms with Gasteiger partial charge in [-0.1, -0.05) is 35.5 Å². The average molecular weight is 487 g/mol. The summed E-state index contributed by atoms with van der Waals surface area (Å²) in [5, 5.41) is 8.77. The zero-order chi connectivity index (χ0) is 25.1. The molecule has 1 amide bonds. The molecule has 36 heavy (non-hydrogen) atoms. The van der Waals surface area contributed by atoms with Gasteiger partial charge in [0.15, 0.2) is 0 Å². The summed E-state index contributed by atoms with van der Waals surface area (Å²) in [6.45, 7) is 7.85. The fourth-order valence-electron chi connectivity index (χ4n) is 4.55. The van der Waals surface area contributed by atoms with Crippen molar-refractivity contribution in [3.63, 3.8) is 0 Å². The Morgan fingerprint density at radius 3 is 2.39 bits per heavy atom. The van der Waals surface area contributed by atoms with Gasteiger partial charge in [0.2, 0.25) is 11.7 Å². The SMILES string of the molecule is COc1ccc(-c2noc(CN3CCN(C(=O)c4c(C)nn(Cc5ccccc5)c4C)CC3)n2)cc1. The first-order valence-electron chi connectivity index (χ1n) is 12.1. The molecule has 5 rings (SSSR count). The number of carbonyl (C=O) groups excluding carboxylic acids is 1. The normalized spacial score (nSPS) is 14.2. The Hall–Kier alpha value is -3.98. The molecule has 0 spiro atoms. The van der Waals surface area contributed by atoms with Crippen molar-refractivity contribution in [1.29, 1.82) is 0 Å². The highest BCUT2D eigenvalue weighted by Gasteiger charge is 2.27. The number of aryl methyl sites for hydroxylation is 1. The van der Waals surface area contributed by atoms with Crippen LogP contribution >= 0.6 is 0 Å². The van der Waals surface area contributed by atoms with E-state index < -0.39 is 0 Å². The van der Waals surface area contributed by atoms with Crippen molar-refractivity contribution in [1.82, 2.24) is 29.7 Å². The van der Waals surface area contributed by atoms with E-state index in [1.54, 1.807) is 7.11 Å². The molecule has 0 aliphatic carbocycles. The Labute approximate surface area is 210 Å². The number of nitrogens with zero attached hydrogens (tertiary/aromatic N) is 6. The van der Waals surface area contributed by atoms with Crippen molar-refractivity contribution < 1.29 is 14.1 Å². The number of aromatic nitrogens is 4. The molecule has 0 radical (unpaired) electrons. The van der Waals surface area contributed by atoms with Gasteiger partial charge in [0.25, 0.3) is 5.91 Å². The van der Waals surface area contributed by atoms with Crippen molar-refractivity contribution in [3.8, 4) is 17.1 Å². The minimum Gasteiger partial charge on any atom is -0.497 e. The summed E-state index contributed by atoms with van der Waals surface area (Å²) in [7, 11) is 1.63. The highest BCUT2D eigenvalue weighted by Crippen LogP contribution is 2.21. The Kier molecular flexibility index (Phi) is 6.81. The lowest BCUT2D eigenvalue weighted by Crippen LogP contribution is -2.48. The monoisotopic (exact) mass is 486 g/mol. The van der Waals surface area contributed by atoms with Gasteiger partial charge in [0.05, 0.1) is 31.5 Å². The van der Waals surface area contributed by atoms with Crippen LogP contribution in [0.15, 0.2) is 59.1 Å². The van der Waals surface area contributed by atoms with Gasteiger partial charge in [-0.15, -0.1) is 0 Å². The zero-order valence-electron chi connectivity index (χ0n) is 20.8. The summed E-state index contributed by atoms with van der Waals surface area (Å²) in [5.74, 6) is 1.95. The summed E-state index contributed by atoms with van der Waals surface area (Å²) in [4.78, 5) is 22.1. The Balaban J connectivity index is 1.18. The second-order valence-corrected chi connectivity index (χ2v) is 9.00. The van der Waals surface area contributed by atoms with Crippen LogP contribution in [-0.4, -0.2) is 68.9 Å². The van der Waals surface area contributed by atoms with Crippen LogP contribution in [0.4, 0.5) is 0 Å². The third kappa shape index (κ3) is 5.01. The van der Waals surface area contributed by atoms with Crippen LogP contribution in [0.3, 0.4) is 0 Å². The number of benzene rings is 2. The van der Waals surface area contributed by atoms with Crippen LogP contribution in [0, 0.1) is 13.8 Å². The number of hydrogen-bond acceptors (Lipinski definition) is 7. The maximum Gasteiger partial charge on any atom is 0.257 e. The fourth-order valence-corrected chi connectivity index (χ4v) is 4.55. The molecule has 0 bridgehead atoms. The maximum atomic E-state index is 13.4. The number of methoxy groups -OCH3 is 1. The molecule has 1 aliphatic heterocycles. The molecule has 0 N–H and O–H groups in total. The maximum absolute atomic E-state index is 13.4. The Morgan fingerprint density at radius 1 is 0.972 bits per heavy atom. The fraction of sp³-hybridized carbons (Fsp3) is 0.333.